The van der Waals surface area contributed by atoms with Crippen molar-refractivity contribution in [2.75, 3.05) is 6.54 Å². The molecule has 1 heterocycles. The summed E-state index contributed by atoms with van der Waals surface area (Å²) in [6, 6.07) is 7.39. The molecule has 142 valence electrons. The van der Waals surface area contributed by atoms with Crippen molar-refractivity contribution >= 4 is 17.8 Å². The van der Waals surface area contributed by atoms with E-state index in [0.717, 1.165) is 30.4 Å². The second-order valence-electron chi connectivity index (χ2n) is 7.04. The Kier molecular flexibility index (Phi) is 7.18. The Morgan fingerprint density at radius 2 is 1.92 bits per heavy atom. The monoisotopic (exact) mass is 360 g/mol. The third-order valence-electron chi connectivity index (χ3n) is 4.87. The minimum Gasteiger partial charge on any atom is -0.481 e. The van der Waals surface area contributed by atoms with E-state index in [4.69, 9.17) is 5.11 Å². The Morgan fingerprint density at radius 3 is 2.54 bits per heavy atom. The number of nitrogens with zero attached hydrogens (tertiary/aromatic N) is 1. The number of piperidine rings is 1. The molecular weight excluding hydrogens is 332 g/mol. The van der Waals surface area contributed by atoms with Gasteiger partial charge < -0.3 is 15.3 Å². The molecule has 26 heavy (non-hydrogen) atoms. The first-order valence-corrected chi connectivity index (χ1v) is 9.21. The number of nitrogens with one attached hydrogen (secondary N) is 1. The summed E-state index contributed by atoms with van der Waals surface area (Å²) in [5.74, 6) is -1.04. The zero-order valence-corrected chi connectivity index (χ0v) is 15.5. The van der Waals surface area contributed by atoms with Gasteiger partial charge in [0.05, 0.1) is 12.5 Å². The van der Waals surface area contributed by atoms with E-state index in [-0.39, 0.29) is 36.7 Å². The number of carbonyl (C=O) groups is 3. The van der Waals surface area contributed by atoms with Crippen LogP contribution in [0.5, 0.6) is 0 Å². The van der Waals surface area contributed by atoms with Gasteiger partial charge in [-0.05, 0) is 38.2 Å². The molecule has 0 saturated carbocycles. The SMILES string of the molecule is CC(=O)N[C@H](CC(=O)N1CCCC[C@H]1CCC(=O)O)c1ccc(C)cc1. The Morgan fingerprint density at radius 1 is 1.23 bits per heavy atom. The van der Waals surface area contributed by atoms with E-state index in [0.29, 0.717) is 13.0 Å². The molecule has 1 aliphatic rings. The highest BCUT2D eigenvalue weighted by atomic mass is 16.4. The molecule has 6 heteroatoms. The molecule has 1 aliphatic heterocycles. The quantitative estimate of drug-likeness (QED) is 0.783. The van der Waals surface area contributed by atoms with Crippen molar-refractivity contribution in [3.63, 3.8) is 0 Å². The van der Waals surface area contributed by atoms with Crippen LogP contribution < -0.4 is 5.32 Å². The average Bonchev–Trinajstić information content (AvgIpc) is 2.60. The number of carbonyl (C=O) groups excluding carboxylic acids is 2. The highest BCUT2D eigenvalue weighted by Gasteiger charge is 2.29. The van der Waals surface area contributed by atoms with Gasteiger partial charge in [0.2, 0.25) is 11.8 Å². The first kappa shape index (κ1) is 19.9. The predicted molar refractivity (Wildman–Crippen MR) is 98.6 cm³/mol. The summed E-state index contributed by atoms with van der Waals surface area (Å²) < 4.78 is 0. The largest absolute Gasteiger partial charge is 0.481 e. The number of carboxylic acids is 1. The van der Waals surface area contributed by atoms with E-state index in [1.54, 1.807) is 0 Å². The van der Waals surface area contributed by atoms with Crippen LogP contribution in [0.1, 0.15) is 62.6 Å². The number of amides is 2. The Hall–Kier alpha value is -2.37. The Labute approximate surface area is 154 Å². The maximum Gasteiger partial charge on any atom is 0.303 e. The molecule has 2 N–H and O–H groups in total. The smallest absolute Gasteiger partial charge is 0.303 e. The molecule has 0 bridgehead atoms. The molecule has 0 aromatic heterocycles. The van der Waals surface area contributed by atoms with Crippen molar-refractivity contribution < 1.29 is 19.5 Å². The number of aryl methyl sites for hydroxylation is 1. The van der Waals surface area contributed by atoms with E-state index in [9.17, 15) is 14.4 Å². The van der Waals surface area contributed by atoms with Gasteiger partial charge in [-0.3, -0.25) is 14.4 Å². The fourth-order valence-corrected chi connectivity index (χ4v) is 3.51. The van der Waals surface area contributed by atoms with Crippen molar-refractivity contribution in [3.8, 4) is 0 Å². The topological polar surface area (TPSA) is 86.7 Å². The maximum atomic E-state index is 12.9. The molecule has 6 nitrogen and oxygen atoms in total. The molecule has 0 unspecified atom stereocenters. The van der Waals surface area contributed by atoms with E-state index >= 15 is 0 Å². The summed E-state index contributed by atoms with van der Waals surface area (Å²) in [5.41, 5.74) is 2.02. The van der Waals surface area contributed by atoms with Gasteiger partial charge in [-0.2, -0.15) is 0 Å². The summed E-state index contributed by atoms with van der Waals surface area (Å²) in [6.07, 6.45) is 3.53. The van der Waals surface area contributed by atoms with Crippen LogP contribution in [0, 0.1) is 6.92 Å². The molecule has 0 aliphatic carbocycles. The lowest BCUT2D eigenvalue weighted by Gasteiger charge is -2.36. The maximum absolute atomic E-state index is 12.9. The lowest BCUT2D eigenvalue weighted by molar-refractivity contribution is -0.140. The van der Waals surface area contributed by atoms with Gasteiger partial charge in [0.25, 0.3) is 0 Å². The number of rotatable bonds is 7. The second kappa shape index (κ2) is 9.36. The van der Waals surface area contributed by atoms with Crippen LogP contribution in [0.15, 0.2) is 24.3 Å². The van der Waals surface area contributed by atoms with Crippen LogP contribution in [0.25, 0.3) is 0 Å². The van der Waals surface area contributed by atoms with Crippen LogP contribution in [-0.4, -0.2) is 40.4 Å². The molecular formula is C20H28N2O4. The lowest BCUT2D eigenvalue weighted by Crippen LogP contribution is -2.45. The van der Waals surface area contributed by atoms with Crippen LogP contribution in [0.4, 0.5) is 0 Å². The first-order chi connectivity index (χ1) is 12.4. The van der Waals surface area contributed by atoms with E-state index < -0.39 is 5.97 Å². The van der Waals surface area contributed by atoms with E-state index in [2.05, 4.69) is 5.32 Å². The van der Waals surface area contributed by atoms with Crippen LogP contribution in [-0.2, 0) is 14.4 Å². The first-order valence-electron chi connectivity index (χ1n) is 9.21. The second-order valence-corrected chi connectivity index (χ2v) is 7.04. The predicted octanol–water partition coefficient (Wildman–Crippen LogP) is 2.81. The number of aliphatic carboxylic acids is 1. The van der Waals surface area contributed by atoms with E-state index in [1.165, 1.54) is 6.92 Å². The van der Waals surface area contributed by atoms with Crippen molar-refractivity contribution in [2.45, 2.75) is 64.5 Å². The van der Waals surface area contributed by atoms with Crippen molar-refractivity contribution in [1.29, 1.82) is 0 Å². The fourth-order valence-electron chi connectivity index (χ4n) is 3.51. The molecule has 0 spiro atoms. The van der Waals surface area contributed by atoms with Gasteiger partial charge in [-0.15, -0.1) is 0 Å². The minimum atomic E-state index is -0.834. The third kappa shape index (κ3) is 5.86. The van der Waals surface area contributed by atoms with Gasteiger partial charge in [0, 0.05) is 25.9 Å². The number of hydrogen-bond donors (Lipinski definition) is 2. The highest BCUT2D eigenvalue weighted by molar-refractivity contribution is 5.79. The molecule has 2 rings (SSSR count). The van der Waals surface area contributed by atoms with Crippen molar-refractivity contribution in [3.05, 3.63) is 35.4 Å². The van der Waals surface area contributed by atoms with Gasteiger partial charge >= 0.3 is 5.97 Å². The van der Waals surface area contributed by atoms with Gasteiger partial charge in [-0.25, -0.2) is 0 Å². The molecule has 2 atom stereocenters. The normalized spacial score (nSPS) is 18.2. The van der Waals surface area contributed by atoms with Crippen LogP contribution >= 0.6 is 0 Å². The molecule has 1 saturated heterocycles. The summed E-state index contributed by atoms with van der Waals surface area (Å²) >= 11 is 0. The lowest BCUT2D eigenvalue weighted by atomic mass is 9.95. The Balaban J connectivity index is 2.09. The molecule has 0 radical (unpaired) electrons. The molecule has 1 aromatic rings. The standard InChI is InChI=1S/C20H28N2O4/c1-14-6-8-16(9-7-14)18(21-15(2)23)13-19(24)22-12-4-3-5-17(22)10-11-20(25)26/h6-9,17-18H,3-5,10-13H2,1-2H3,(H,21,23)(H,25,26)/t17-,18+/m0/s1. The van der Waals surface area contributed by atoms with Gasteiger partial charge in [0.15, 0.2) is 0 Å². The van der Waals surface area contributed by atoms with Crippen molar-refractivity contribution in [2.24, 2.45) is 0 Å². The Bertz CT molecular complexity index is 642. The molecule has 1 aromatic carbocycles. The third-order valence-corrected chi connectivity index (χ3v) is 4.87. The number of benzene rings is 1. The fraction of sp³-hybridized carbons (Fsp3) is 0.550. The summed E-state index contributed by atoms with van der Waals surface area (Å²) in [7, 11) is 0. The van der Waals surface area contributed by atoms with Gasteiger partial charge in [0.1, 0.15) is 0 Å². The zero-order valence-electron chi connectivity index (χ0n) is 15.5. The van der Waals surface area contributed by atoms with Crippen molar-refractivity contribution in [1.82, 2.24) is 10.2 Å². The summed E-state index contributed by atoms with van der Waals surface area (Å²) in [5, 5.41) is 11.8. The summed E-state index contributed by atoms with van der Waals surface area (Å²) in [4.78, 5) is 37.2. The number of likely N-dealkylation sites (tertiary alicyclic amines) is 1. The number of hydrogen-bond acceptors (Lipinski definition) is 3. The number of carboxylic acid groups (broad SMARTS) is 1. The van der Waals surface area contributed by atoms with Crippen LogP contribution in [0.3, 0.4) is 0 Å². The minimum absolute atomic E-state index is 0.0247. The van der Waals surface area contributed by atoms with E-state index in [1.807, 2.05) is 36.1 Å². The average molecular weight is 360 g/mol. The van der Waals surface area contributed by atoms with Gasteiger partial charge in [-0.1, -0.05) is 29.8 Å². The molecule has 1 fully saturated rings. The van der Waals surface area contributed by atoms with Crippen LogP contribution in [0.2, 0.25) is 0 Å². The zero-order chi connectivity index (χ0) is 19.1. The molecule has 2 amide bonds. The highest BCUT2D eigenvalue weighted by Crippen LogP contribution is 2.25. The summed E-state index contributed by atoms with van der Waals surface area (Å²) in [6.45, 7) is 4.09.